The van der Waals surface area contributed by atoms with Crippen LogP contribution in [0, 0.1) is 0 Å². The van der Waals surface area contributed by atoms with Gasteiger partial charge in [-0.1, -0.05) is 48.5 Å². The molecule has 0 radical (unpaired) electrons. The number of carbonyl (C=O) groups excluding carboxylic acids is 1. The summed E-state index contributed by atoms with van der Waals surface area (Å²) in [5.74, 6) is 0.555. The van der Waals surface area contributed by atoms with Crippen LogP contribution in [0.4, 0.5) is 0 Å². The molecular weight excluding hydrogens is 546 g/mol. The molecule has 2 aromatic carbocycles. The quantitative estimate of drug-likeness (QED) is 0.188. The molecule has 4 aromatic heterocycles. The van der Waals surface area contributed by atoms with Crippen LogP contribution in [0.5, 0.6) is 5.75 Å². The fourth-order valence-electron chi connectivity index (χ4n) is 4.98. The number of aromatic nitrogens is 2. The van der Waals surface area contributed by atoms with Gasteiger partial charge < -0.3 is 14.4 Å². The highest BCUT2D eigenvalue weighted by Crippen LogP contribution is 2.31. The minimum atomic E-state index is -0.189. The van der Waals surface area contributed by atoms with Crippen molar-refractivity contribution in [2.24, 2.45) is 0 Å². The van der Waals surface area contributed by atoms with Crippen molar-refractivity contribution in [3.05, 3.63) is 136 Å². The second kappa shape index (κ2) is 12.4. The number of hydrogen-bond donors (Lipinski definition) is 0. The number of benzene rings is 2. The normalized spacial score (nSPS) is 11.2. The molecule has 6 aromatic rings. The van der Waals surface area contributed by atoms with Gasteiger partial charge in [-0.25, -0.2) is 0 Å². The summed E-state index contributed by atoms with van der Waals surface area (Å²) >= 11 is 1.52. The van der Waals surface area contributed by atoms with Crippen molar-refractivity contribution in [3.63, 3.8) is 0 Å². The number of rotatable bonds is 10. The van der Waals surface area contributed by atoms with Gasteiger partial charge in [0.25, 0.3) is 11.5 Å². The van der Waals surface area contributed by atoms with Crippen LogP contribution >= 0.6 is 11.3 Å². The minimum absolute atomic E-state index is 0.168. The van der Waals surface area contributed by atoms with Gasteiger partial charge in [0.05, 0.1) is 22.4 Å². The monoisotopic (exact) mass is 575 g/mol. The Labute approximate surface area is 247 Å². The largest absolute Gasteiger partial charge is 0.489 e. The highest BCUT2D eigenvalue weighted by Gasteiger charge is 2.22. The van der Waals surface area contributed by atoms with E-state index in [1.54, 1.807) is 35.0 Å². The molecule has 0 saturated heterocycles. The Morgan fingerprint density at radius 2 is 1.76 bits per heavy atom. The lowest BCUT2D eigenvalue weighted by Crippen LogP contribution is -2.34. The van der Waals surface area contributed by atoms with E-state index in [-0.39, 0.29) is 11.5 Å². The van der Waals surface area contributed by atoms with Crippen LogP contribution in [0.3, 0.4) is 0 Å². The van der Waals surface area contributed by atoms with E-state index in [1.807, 2.05) is 90.3 Å². The molecular formula is C34H29N3O4S. The molecule has 7 nitrogen and oxygen atoms in total. The van der Waals surface area contributed by atoms with Gasteiger partial charge in [0.2, 0.25) is 0 Å². The third-order valence-corrected chi connectivity index (χ3v) is 8.09. The van der Waals surface area contributed by atoms with Crippen LogP contribution in [0.2, 0.25) is 0 Å². The first kappa shape index (κ1) is 27.4. The Morgan fingerprint density at radius 1 is 0.952 bits per heavy atom. The van der Waals surface area contributed by atoms with Crippen LogP contribution < -0.4 is 10.3 Å². The lowest BCUT2D eigenvalue weighted by Gasteiger charge is -2.23. The van der Waals surface area contributed by atoms with Crippen molar-refractivity contribution < 1.29 is 14.3 Å². The van der Waals surface area contributed by atoms with E-state index in [4.69, 9.17) is 9.47 Å². The molecule has 6 rings (SSSR count). The van der Waals surface area contributed by atoms with E-state index in [9.17, 15) is 9.59 Å². The molecule has 8 heteroatoms. The number of hydrogen-bond acceptors (Lipinski definition) is 6. The molecule has 0 atom stereocenters. The zero-order valence-electron chi connectivity index (χ0n) is 23.1. The molecule has 0 aliphatic rings. The fraction of sp³-hybridized carbons (Fsp3) is 0.147. The van der Waals surface area contributed by atoms with Gasteiger partial charge >= 0.3 is 0 Å². The molecule has 0 unspecified atom stereocenters. The topological polar surface area (TPSA) is 73.1 Å². The Morgan fingerprint density at radius 3 is 2.52 bits per heavy atom. The summed E-state index contributed by atoms with van der Waals surface area (Å²) in [6.07, 6.45) is 5.14. The van der Waals surface area contributed by atoms with Gasteiger partial charge in [0, 0.05) is 49.7 Å². The Balaban J connectivity index is 1.34. The van der Waals surface area contributed by atoms with Gasteiger partial charge in [0.15, 0.2) is 0 Å². The fourth-order valence-corrected chi connectivity index (χ4v) is 5.91. The van der Waals surface area contributed by atoms with Crippen LogP contribution in [0.1, 0.15) is 21.5 Å². The van der Waals surface area contributed by atoms with Crippen molar-refractivity contribution >= 4 is 32.8 Å². The highest BCUT2D eigenvalue weighted by atomic mass is 32.1. The number of pyridine rings is 3. The number of carbonyl (C=O) groups is 1. The number of methoxy groups -OCH3 is 1. The zero-order chi connectivity index (χ0) is 28.9. The van der Waals surface area contributed by atoms with Crippen LogP contribution in [-0.4, -0.2) is 40.5 Å². The van der Waals surface area contributed by atoms with E-state index >= 15 is 0 Å². The summed E-state index contributed by atoms with van der Waals surface area (Å²) in [6.45, 7) is 1.64. The van der Waals surface area contributed by atoms with E-state index < -0.39 is 0 Å². The number of nitrogens with zero attached hydrogens (tertiary/aromatic N) is 3. The first-order chi connectivity index (χ1) is 20.6. The van der Waals surface area contributed by atoms with E-state index in [2.05, 4.69) is 4.98 Å². The second-order valence-corrected chi connectivity index (χ2v) is 10.8. The maximum absolute atomic E-state index is 14.0. The average molecular weight is 576 g/mol. The van der Waals surface area contributed by atoms with Crippen molar-refractivity contribution in [1.82, 2.24) is 14.3 Å². The first-order valence-corrected chi connectivity index (χ1v) is 14.5. The summed E-state index contributed by atoms with van der Waals surface area (Å²) in [7, 11) is 1.61. The van der Waals surface area contributed by atoms with Crippen molar-refractivity contribution in [2.75, 3.05) is 20.3 Å². The summed E-state index contributed by atoms with van der Waals surface area (Å²) in [4.78, 5) is 33.8. The Hall–Kier alpha value is -4.79. The molecule has 1 amide bonds. The summed E-state index contributed by atoms with van der Waals surface area (Å²) in [5.41, 5.74) is 4.37. The van der Waals surface area contributed by atoms with Crippen molar-refractivity contribution in [3.8, 4) is 16.9 Å². The van der Waals surface area contributed by atoms with E-state index in [0.29, 0.717) is 37.4 Å². The van der Waals surface area contributed by atoms with Crippen LogP contribution in [0.25, 0.3) is 26.7 Å². The zero-order valence-corrected chi connectivity index (χ0v) is 23.9. The molecule has 0 N–H and O–H groups in total. The Kier molecular flexibility index (Phi) is 8.07. The average Bonchev–Trinajstić information content (AvgIpc) is 3.53. The molecule has 42 heavy (non-hydrogen) atoms. The lowest BCUT2D eigenvalue weighted by atomic mass is 10.1. The van der Waals surface area contributed by atoms with Crippen LogP contribution in [0.15, 0.2) is 114 Å². The molecule has 0 fully saturated rings. The third-order valence-electron chi connectivity index (χ3n) is 7.16. The van der Waals surface area contributed by atoms with Crippen molar-refractivity contribution in [1.29, 1.82) is 0 Å². The third kappa shape index (κ3) is 5.68. The van der Waals surface area contributed by atoms with Gasteiger partial charge in [-0.3, -0.25) is 19.0 Å². The van der Waals surface area contributed by atoms with Gasteiger partial charge in [-0.05, 0) is 58.5 Å². The molecule has 0 bridgehead atoms. The number of fused-ring (bicyclic) bond motifs is 3. The lowest BCUT2D eigenvalue weighted by molar-refractivity contribution is 0.0681. The maximum Gasteiger partial charge on any atom is 0.263 e. The van der Waals surface area contributed by atoms with Gasteiger partial charge in [0.1, 0.15) is 12.4 Å². The number of thiophene rings is 1. The molecule has 0 saturated carbocycles. The molecule has 0 spiro atoms. The van der Waals surface area contributed by atoms with Crippen LogP contribution in [-0.2, 0) is 17.9 Å². The number of amides is 1. The van der Waals surface area contributed by atoms with Gasteiger partial charge in [-0.15, -0.1) is 11.3 Å². The first-order valence-electron chi connectivity index (χ1n) is 13.6. The van der Waals surface area contributed by atoms with E-state index in [1.165, 1.54) is 11.3 Å². The number of ether oxygens (including phenoxy) is 2. The summed E-state index contributed by atoms with van der Waals surface area (Å²) in [6, 6.07) is 27.0. The molecule has 4 heterocycles. The summed E-state index contributed by atoms with van der Waals surface area (Å²) in [5, 5.41) is 2.78. The summed E-state index contributed by atoms with van der Waals surface area (Å²) < 4.78 is 13.7. The molecule has 210 valence electrons. The van der Waals surface area contributed by atoms with Gasteiger partial charge in [-0.2, -0.15) is 0 Å². The second-order valence-electron chi connectivity index (χ2n) is 9.89. The SMILES string of the molecule is COCCN(Cc1cccnc1)C(=O)c1cn2c(=O)c(-c3ccc(OCc4ccccc4)cc3)ccc2c2sccc12. The molecule has 0 aliphatic heterocycles. The Bertz CT molecular complexity index is 1880. The highest BCUT2D eigenvalue weighted by molar-refractivity contribution is 7.18. The standard InChI is InChI=1S/C34H29N3O4S/c1-40-18-17-36(21-25-8-5-16-35-20-25)33(38)30-22-37-31(32-29(30)15-19-42-32)14-13-28(34(37)39)26-9-11-27(12-10-26)41-23-24-6-3-2-4-7-24/h2-16,19-20,22H,17-18,21,23H2,1H3. The predicted octanol–water partition coefficient (Wildman–Crippen LogP) is 6.44. The smallest absolute Gasteiger partial charge is 0.263 e. The van der Waals surface area contributed by atoms with Crippen molar-refractivity contribution in [2.45, 2.75) is 13.2 Å². The molecule has 0 aliphatic carbocycles. The predicted molar refractivity (Wildman–Crippen MR) is 166 cm³/mol. The minimum Gasteiger partial charge on any atom is -0.489 e. The van der Waals surface area contributed by atoms with E-state index in [0.717, 1.165) is 38.0 Å². The maximum atomic E-state index is 14.0.